The summed E-state index contributed by atoms with van der Waals surface area (Å²) in [5.41, 5.74) is -0.00567. The summed E-state index contributed by atoms with van der Waals surface area (Å²) < 4.78 is 0. The molecule has 2 heterocycles. The van der Waals surface area contributed by atoms with Crippen molar-refractivity contribution in [2.24, 2.45) is 11.3 Å². The molecule has 3 atom stereocenters. The predicted octanol–water partition coefficient (Wildman–Crippen LogP) is 2.00. The Morgan fingerprint density at radius 3 is 2.53 bits per heavy atom. The van der Waals surface area contributed by atoms with Gasteiger partial charge in [0.05, 0.1) is 5.60 Å². The molecule has 3 fully saturated rings. The highest BCUT2D eigenvalue weighted by Crippen LogP contribution is 2.40. The van der Waals surface area contributed by atoms with Crippen LogP contribution >= 0.6 is 0 Å². The van der Waals surface area contributed by atoms with Crippen molar-refractivity contribution < 1.29 is 5.11 Å². The summed E-state index contributed by atoms with van der Waals surface area (Å²) in [7, 11) is 0. The van der Waals surface area contributed by atoms with E-state index in [4.69, 9.17) is 0 Å². The zero-order valence-corrected chi connectivity index (χ0v) is 12.6. The van der Waals surface area contributed by atoms with Gasteiger partial charge in [-0.15, -0.1) is 0 Å². The van der Waals surface area contributed by atoms with Crippen molar-refractivity contribution >= 4 is 0 Å². The largest absolute Gasteiger partial charge is 0.389 e. The number of nitrogens with zero attached hydrogens (tertiary/aromatic N) is 1. The van der Waals surface area contributed by atoms with E-state index in [1.54, 1.807) is 0 Å². The van der Waals surface area contributed by atoms with Crippen LogP contribution in [0.4, 0.5) is 0 Å². The molecule has 0 spiro atoms. The van der Waals surface area contributed by atoms with E-state index in [0.717, 1.165) is 38.1 Å². The number of rotatable bonds is 3. The van der Waals surface area contributed by atoms with Crippen LogP contribution < -0.4 is 5.32 Å². The molecule has 2 saturated heterocycles. The minimum atomic E-state index is -0.439. The topological polar surface area (TPSA) is 35.5 Å². The number of nitrogens with one attached hydrogen (secondary N) is 1. The fourth-order valence-electron chi connectivity index (χ4n) is 4.11. The van der Waals surface area contributed by atoms with Crippen LogP contribution in [0.3, 0.4) is 0 Å². The first-order valence-electron chi connectivity index (χ1n) is 8.14. The highest BCUT2D eigenvalue weighted by Gasteiger charge is 2.39. The predicted molar refractivity (Wildman–Crippen MR) is 78.2 cm³/mol. The lowest BCUT2D eigenvalue weighted by Gasteiger charge is -2.42. The molecule has 3 heteroatoms. The summed E-state index contributed by atoms with van der Waals surface area (Å²) >= 11 is 0. The van der Waals surface area contributed by atoms with Crippen LogP contribution in [0.2, 0.25) is 0 Å². The quantitative estimate of drug-likeness (QED) is 0.820. The standard InChI is InChI=1S/C16H30N2O/c1-15(2)5-7-16(19,8-6-15)12-17-14-4-10-18-9-3-13(14)11-18/h13-14,17,19H,3-12H2,1-2H3. The zero-order valence-electron chi connectivity index (χ0n) is 12.6. The number of fused-ring (bicyclic) bond motifs is 2. The molecule has 1 saturated carbocycles. The maximum atomic E-state index is 10.7. The molecule has 1 aliphatic carbocycles. The number of piperidine rings is 1. The average Bonchev–Trinajstić information content (AvgIpc) is 2.76. The van der Waals surface area contributed by atoms with Crippen LogP contribution in [0.15, 0.2) is 0 Å². The normalized spacial score (nSPS) is 40.3. The average molecular weight is 266 g/mol. The van der Waals surface area contributed by atoms with E-state index in [0.29, 0.717) is 11.5 Å². The van der Waals surface area contributed by atoms with Gasteiger partial charge in [-0.2, -0.15) is 0 Å². The molecule has 3 aliphatic rings. The molecule has 3 unspecified atom stereocenters. The molecule has 2 bridgehead atoms. The molecular weight excluding hydrogens is 236 g/mol. The molecule has 3 nitrogen and oxygen atoms in total. The first kappa shape index (κ1) is 13.8. The Morgan fingerprint density at radius 1 is 1.11 bits per heavy atom. The molecule has 3 rings (SSSR count). The Kier molecular flexibility index (Phi) is 3.65. The van der Waals surface area contributed by atoms with Crippen molar-refractivity contribution in [1.29, 1.82) is 0 Å². The van der Waals surface area contributed by atoms with E-state index in [2.05, 4.69) is 24.1 Å². The first-order chi connectivity index (χ1) is 8.96. The molecule has 2 N–H and O–H groups in total. The van der Waals surface area contributed by atoms with E-state index in [1.807, 2.05) is 0 Å². The molecule has 0 aromatic heterocycles. The van der Waals surface area contributed by atoms with Crippen molar-refractivity contribution in [2.45, 2.75) is 64.0 Å². The van der Waals surface area contributed by atoms with Gasteiger partial charge in [-0.05, 0) is 62.9 Å². The second-order valence-electron chi connectivity index (χ2n) is 8.01. The van der Waals surface area contributed by atoms with Crippen molar-refractivity contribution in [2.75, 3.05) is 26.2 Å². The van der Waals surface area contributed by atoms with Crippen LogP contribution in [0, 0.1) is 11.3 Å². The van der Waals surface area contributed by atoms with Crippen LogP contribution in [-0.2, 0) is 0 Å². The zero-order chi connectivity index (χ0) is 13.5. The summed E-state index contributed by atoms with van der Waals surface area (Å²) in [4.78, 5) is 2.58. The Bertz CT molecular complexity index is 319. The monoisotopic (exact) mass is 266 g/mol. The van der Waals surface area contributed by atoms with Gasteiger partial charge in [-0.1, -0.05) is 13.8 Å². The number of hydrogen-bond donors (Lipinski definition) is 2. The third-order valence-corrected chi connectivity index (χ3v) is 5.86. The van der Waals surface area contributed by atoms with E-state index < -0.39 is 5.60 Å². The first-order valence-corrected chi connectivity index (χ1v) is 8.14. The third-order valence-electron chi connectivity index (χ3n) is 5.86. The number of hydrogen-bond acceptors (Lipinski definition) is 3. The summed E-state index contributed by atoms with van der Waals surface area (Å²) in [6.07, 6.45) is 6.88. The third kappa shape index (κ3) is 3.14. The van der Waals surface area contributed by atoms with E-state index in [1.165, 1.54) is 32.5 Å². The number of aliphatic hydroxyl groups is 1. The van der Waals surface area contributed by atoms with Gasteiger partial charge in [0.1, 0.15) is 0 Å². The van der Waals surface area contributed by atoms with Gasteiger partial charge in [0.15, 0.2) is 0 Å². The van der Waals surface area contributed by atoms with Crippen LogP contribution in [0.1, 0.15) is 52.4 Å². The molecule has 2 aliphatic heterocycles. The van der Waals surface area contributed by atoms with Gasteiger partial charge in [0, 0.05) is 19.1 Å². The van der Waals surface area contributed by atoms with Gasteiger partial charge < -0.3 is 15.3 Å². The SMILES string of the molecule is CC1(C)CCC(O)(CNC2CCN3CCC2C3)CC1. The molecular formula is C16H30N2O. The van der Waals surface area contributed by atoms with Crippen molar-refractivity contribution in [3.8, 4) is 0 Å². The van der Waals surface area contributed by atoms with Gasteiger partial charge in [0.2, 0.25) is 0 Å². The smallest absolute Gasteiger partial charge is 0.0772 e. The lowest BCUT2D eigenvalue weighted by atomic mass is 9.71. The van der Waals surface area contributed by atoms with Gasteiger partial charge in [-0.25, -0.2) is 0 Å². The lowest BCUT2D eigenvalue weighted by Crippen LogP contribution is -2.51. The van der Waals surface area contributed by atoms with E-state index in [-0.39, 0.29) is 0 Å². The molecule has 0 amide bonds. The molecule has 19 heavy (non-hydrogen) atoms. The lowest BCUT2D eigenvalue weighted by molar-refractivity contribution is -0.0280. The minimum absolute atomic E-state index is 0.434. The highest BCUT2D eigenvalue weighted by molar-refractivity contribution is 4.95. The molecule has 0 radical (unpaired) electrons. The van der Waals surface area contributed by atoms with Gasteiger partial charge >= 0.3 is 0 Å². The van der Waals surface area contributed by atoms with Gasteiger partial charge in [-0.3, -0.25) is 0 Å². The second-order valence-corrected chi connectivity index (χ2v) is 8.01. The summed E-state index contributed by atoms with van der Waals surface area (Å²) in [6, 6.07) is 0.651. The minimum Gasteiger partial charge on any atom is -0.389 e. The van der Waals surface area contributed by atoms with Crippen molar-refractivity contribution in [3.63, 3.8) is 0 Å². The summed E-state index contributed by atoms with van der Waals surface area (Å²) in [6.45, 7) is 9.29. The molecule has 0 aromatic rings. The van der Waals surface area contributed by atoms with E-state index in [9.17, 15) is 5.11 Å². The Labute approximate surface area is 117 Å². The van der Waals surface area contributed by atoms with Gasteiger partial charge in [0.25, 0.3) is 0 Å². The maximum Gasteiger partial charge on any atom is 0.0772 e. The Balaban J connectivity index is 1.49. The fourth-order valence-corrected chi connectivity index (χ4v) is 4.11. The molecule has 110 valence electrons. The van der Waals surface area contributed by atoms with Crippen molar-refractivity contribution in [1.82, 2.24) is 10.2 Å². The molecule has 0 aromatic carbocycles. The van der Waals surface area contributed by atoms with Crippen LogP contribution in [0.25, 0.3) is 0 Å². The van der Waals surface area contributed by atoms with Crippen LogP contribution in [0.5, 0.6) is 0 Å². The fraction of sp³-hybridized carbons (Fsp3) is 1.00. The van der Waals surface area contributed by atoms with Crippen molar-refractivity contribution in [3.05, 3.63) is 0 Å². The second kappa shape index (κ2) is 5.01. The maximum absolute atomic E-state index is 10.7. The Morgan fingerprint density at radius 2 is 1.79 bits per heavy atom. The van der Waals surface area contributed by atoms with E-state index >= 15 is 0 Å². The highest BCUT2D eigenvalue weighted by atomic mass is 16.3. The summed E-state index contributed by atoms with van der Waals surface area (Å²) in [5.74, 6) is 0.831. The summed E-state index contributed by atoms with van der Waals surface area (Å²) in [5, 5.41) is 14.4. The van der Waals surface area contributed by atoms with Crippen LogP contribution in [-0.4, -0.2) is 47.8 Å². The Hall–Kier alpha value is -0.120.